The van der Waals surface area contributed by atoms with E-state index in [9.17, 15) is 9.59 Å². The third kappa shape index (κ3) is 4.02. The van der Waals surface area contributed by atoms with E-state index < -0.39 is 0 Å². The average Bonchev–Trinajstić information content (AvgIpc) is 2.73. The van der Waals surface area contributed by atoms with Crippen molar-refractivity contribution in [2.45, 2.75) is 25.0 Å². The summed E-state index contributed by atoms with van der Waals surface area (Å²) in [5.74, 6) is 0. The van der Waals surface area contributed by atoms with E-state index in [4.69, 9.17) is 11.6 Å². The fourth-order valence-electron chi connectivity index (χ4n) is 1.88. The predicted molar refractivity (Wildman–Crippen MR) is 83.0 cm³/mol. The van der Waals surface area contributed by atoms with Gasteiger partial charge >= 0.3 is 6.03 Å². The predicted octanol–water partition coefficient (Wildman–Crippen LogP) is 3.79. The number of halogens is 1. The third-order valence-electron chi connectivity index (χ3n) is 2.79. The molecule has 0 spiro atoms. The molecule has 4 nitrogen and oxygen atoms in total. The molecule has 0 fully saturated rings. The van der Waals surface area contributed by atoms with Crippen molar-refractivity contribution in [3.05, 3.63) is 41.1 Å². The quantitative estimate of drug-likeness (QED) is 0.889. The van der Waals surface area contributed by atoms with Crippen LogP contribution in [0.5, 0.6) is 0 Å². The van der Waals surface area contributed by atoms with Crippen LogP contribution in [0.15, 0.2) is 36.0 Å². The van der Waals surface area contributed by atoms with Crippen molar-refractivity contribution in [3.63, 3.8) is 0 Å². The van der Waals surface area contributed by atoms with Gasteiger partial charge in [0.15, 0.2) is 0 Å². The number of nitrogens with one attached hydrogen (secondary N) is 2. The number of anilines is 1. The van der Waals surface area contributed by atoms with Crippen LogP contribution in [0.1, 0.15) is 19.8 Å². The van der Waals surface area contributed by atoms with Gasteiger partial charge in [0.1, 0.15) is 0 Å². The second-order valence-electron chi connectivity index (χ2n) is 4.40. The van der Waals surface area contributed by atoms with Crippen LogP contribution in [0.25, 0.3) is 0 Å². The SMILES string of the molecule is CCCC1SC(=O)C=C1NC(=O)Nc1ccc(Cl)cc1. The van der Waals surface area contributed by atoms with E-state index in [1.165, 1.54) is 17.8 Å². The highest BCUT2D eigenvalue weighted by Gasteiger charge is 2.26. The number of benzene rings is 1. The lowest BCUT2D eigenvalue weighted by atomic mass is 10.2. The van der Waals surface area contributed by atoms with E-state index >= 15 is 0 Å². The third-order valence-corrected chi connectivity index (χ3v) is 4.17. The lowest BCUT2D eigenvalue weighted by molar-refractivity contribution is -0.106. The number of hydrogen-bond donors (Lipinski definition) is 2. The normalized spacial score (nSPS) is 17.8. The summed E-state index contributed by atoms with van der Waals surface area (Å²) in [6.45, 7) is 2.05. The lowest BCUT2D eigenvalue weighted by Crippen LogP contribution is -2.31. The summed E-state index contributed by atoms with van der Waals surface area (Å²) in [5, 5.41) is 6.09. The molecule has 1 aromatic carbocycles. The van der Waals surface area contributed by atoms with Gasteiger partial charge in [-0.3, -0.25) is 4.79 Å². The van der Waals surface area contributed by atoms with Crippen LogP contribution >= 0.6 is 23.4 Å². The summed E-state index contributed by atoms with van der Waals surface area (Å²) in [5.41, 5.74) is 1.32. The van der Waals surface area contributed by atoms with Crippen molar-refractivity contribution >= 4 is 40.2 Å². The van der Waals surface area contributed by atoms with Crippen LogP contribution in [-0.4, -0.2) is 16.4 Å². The van der Waals surface area contributed by atoms with Gasteiger partial charge in [0.2, 0.25) is 5.12 Å². The van der Waals surface area contributed by atoms with Crippen molar-refractivity contribution in [2.24, 2.45) is 0 Å². The molecule has 1 heterocycles. The first-order chi connectivity index (χ1) is 9.58. The molecule has 0 saturated carbocycles. The number of amides is 2. The molecule has 106 valence electrons. The minimum Gasteiger partial charge on any atom is -0.310 e. The van der Waals surface area contributed by atoms with Crippen LogP contribution in [0.3, 0.4) is 0 Å². The smallest absolute Gasteiger partial charge is 0.310 e. The fourth-order valence-corrected chi connectivity index (χ4v) is 3.09. The van der Waals surface area contributed by atoms with Crippen molar-refractivity contribution in [2.75, 3.05) is 5.32 Å². The van der Waals surface area contributed by atoms with Crippen LogP contribution < -0.4 is 10.6 Å². The second kappa shape index (κ2) is 6.81. The van der Waals surface area contributed by atoms with Gasteiger partial charge in [-0.25, -0.2) is 4.79 Å². The summed E-state index contributed by atoms with van der Waals surface area (Å²) in [6, 6.07) is 6.48. The molecule has 0 aromatic heterocycles. The summed E-state index contributed by atoms with van der Waals surface area (Å²) in [4.78, 5) is 23.3. The van der Waals surface area contributed by atoms with E-state index in [0.29, 0.717) is 16.4 Å². The molecular weight excluding hydrogens is 296 g/mol. The highest BCUT2D eigenvalue weighted by atomic mass is 35.5. The zero-order valence-corrected chi connectivity index (χ0v) is 12.6. The van der Waals surface area contributed by atoms with Gasteiger partial charge in [-0.2, -0.15) is 0 Å². The highest BCUT2D eigenvalue weighted by Crippen LogP contribution is 2.30. The number of carbonyl (C=O) groups is 2. The molecule has 2 N–H and O–H groups in total. The molecular formula is C14H15ClN2O2S. The molecule has 2 amide bonds. The Kier molecular flexibility index (Phi) is 5.09. The summed E-state index contributed by atoms with van der Waals surface area (Å²) >= 11 is 7.03. The van der Waals surface area contributed by atoms with Crippen molar-refractivity contribution in [1.82, 2.24) is 5.32 Å². The number of rotatable bonds is 4. The molecule has 0 saturated heterocycles. The van der Waals surface area contributed by atoms with Gasteiger partial charge in [0.25, 0.3) is 0 Å². The fraction of sp³-hybridized carbons (Fsp3) is 0.286. The van der Waals surface area contributed by atoms with Gasteiger partial charge in [0.05, 0.1) is 5.25 Å². The minimum atomic E-state index is -0.352. The maximum Gasteiger partial charge on any atom is 0.323 e. The van der Waals surface area contributed by atoms with Gasteiger partial charge in [0, 0.05) is 22.5 Å². The molecule has 0 aliphatic carbocycles. The molecule has 2 rings (SSSR count). The molecule has 1 aliphatic heterocycles. The van der Waals surface area contributed by atoms with Crippen molar-refractivity contribution in [1.29, 1.82) is 0 Å². The number of urea groups is 1. The minimum absolute atomic E-state index is 0.00903. The highest BCUT2D eigenvalue weighted by molar-refractivity contribution is 8.15. The Morgan fingerprint density at radius 2 is 2.00 bits per heavy atom. The first kappa shape index (κ1) is 14.9. The Morgan fingerprint density at radius 1 is 1.30 bits per heavy atom. The zero-order chi connectivity index (χ0) is 14.5. The van der Waals surface area contributed by atoms with Gasteiger partial charge in [-0.15, -0.1) is 0 Å². The Bertz CT molecular complexity index is 543. The maximum atomic E-state index is 11.9. The molecule has 1 atom stereocenters. The zero-order valence-electron chi connectivity index (χ0n) is 11.0. The molecule has 1 aliphatic rings. The summed E-state index contributed by atoms with van der Waals surface area (Å²) in [7, 11) is 0. The van der Waals surface area contributed by atoms with Crippen LogP contribution in [-0.2, 0) is 4.79 Å². The van der Waals surface area contributed by atoms with E-state index in [1.807, 2.05) is 0 Å². The van der Waals surface area contributed by atoms with Crippen LogP contribution in [0.4, 0.5) is 10.5 Å². The molecule has 20 heavy (non-hydrogen) atoms. The molecule has 0 bridgehead atoms. The Labute approximate surface area is 127 Å². The van der Waals surface area contributed by atoms with E-state index in [0.717, 1.165) is 12.8 Å². The van der Waals surface area contributed by atoms with E-state index in [-0.39, 0.29) is 16.4 Å². The van der Waals surface area contributed by atoms with Gasteiger partial charge < -0.3 is 10.6 Å². The summed E-state index contributed by atoms with van der Waals surface area (Å²) in [6.07, 6.45) is 3.32. The van der Waals surface area contributed by atoms with Crippen molar-refractivity contribution < 1.29 is 9.59 Å². The van der Waals surface area contributed by atoms with E-state index in [2.05, 4.69) is 17.6 Å². The Balaban J connectivity index is 1.95. The second-order valence-corrected chi connectivity index (χ2v) is 6.04. The number of carbonyl (C=O) groups excluding carboxylic acids is 2. The topological polar surface area (TPSA) is 58.2 Å². The molecule has 1 unspecified atom stereocenters. The van der Waals surface area contributed by atoms with Gasteiger partial charge in [-0.05, 0) is 30.7 Å². The Hall–Kier alpha value is -1.46. The number of thioether (sulfide) groups is 1. The average molecular weight is 311 g/mol. The molecule has 0 radical (unpaired) electrons. The largest absolute Gasteiger partial charge is 0.323 e. The lowest BCUT2D eigenvalue weighted by Gasteiger charge is -2.14. The van der Waals surface area contributed by atoms with Gasteiger partial charge in [-0.1, -0.05) is 36.7 Å². The monoisotopic (exact) mass is 310 g/mol. The Morgan fingerprint density at radius 3 is 2.65 bits per heavy atom. The first-order valence-electron chi connectivity index (χ1n) is 6.34. The molecule has 1 aromatic rings. The van der Waals surface area contributed by atoms with Crippen LogP contribution in [0, 0.1) is 0 Å². The maximum absolute atomic E-state index is 11.9. The first-order valence-corrected chi connectivity index (χ1v) is 7.60. The van der Waals surface area contributed by atoms with Crippen molar-refractivity contribution in [3.8, 4) is 0 Å². The summed E-state index contributed by atoms with van der Waals surface area (Å²) < 4.78 is 0. The van der Waals surface area contributed by atoms with Crippen LogP contribution in [0.2, 0.25) is 5.02 Å². The van der Waals surface area contributed by atoms with E-state index in [1.54, 1.807) is 24.3 Å². The molecule has 6 heteroatoms. The number of hydrogen-bond acceptors (Lipinski definition) is 3. The standard InChI is InChI=1S/C14H15ClN2O2S/c1-2-3-12-11(8-13(18)20-12)17-14(19)16-10-6-4-9(15)5-7-10/h4-8,12H,2-3H2,1H3,(H2,16,17,19).